The number of fused-ring (bicyclic) bond motifs is 2. The molecule has 0 saturated heterocycles. The van der Waals surface area contributed by atoms with Gasteiger partial charge in [0.2, 0.25) is 6.79 Å². The molecule has 4 rings (SSSR count). The van der Waals surface area contributed by atoms with Crippen LogP contribution in [0.3, 0.4) is 0 Å². The molecule has 2 heterocycles. The Labute approximate surface area is 143 Å². The first kappa shape index (κ1) is 15.3. The molecule has 1 aliphatic rings. The van der Waals surface area contributed by atoms with E-state index < -0.39 is 11.5 Å². The summed E-state index contributed by atoms with van der Waals surface area (Å²) in [4.78, 5) is 24.6. The van der Waals surface area contributed by atoms with Gasteiger partial charge in [0.05, 0.1) is 6.04 Å². The third-order valence-electron chi connectivity index (χ3n) is 4.13. The second kappa shape index (κ2) is 5.98. The van der Waals surface area contributed by atoms with Gasteiger partial charge in [-0.15, -0.1) is 0 Å². The molecule has 6 nitrogen and oxygen atoms in total. The molecular weight excluding hydrogens is 322 g/mol. The van der Waals surface area contributed by atoms with Crippen molar-refractivity contribution in [2.45, 2.75) is 13.0 Å². The first-order valence-corrected chi connectivity index (χ1v) is 7.85. The number of hydrogen-bond acceptors (Lipinski definition) is 5. The highest BCUT2D eigenvalue weighted by Gasteiger charge is 2.19. The van der Waals surface area contributed by atoms with Crippen LogP contribution in [-0.2, 0) is 0 Å². The lowest BCUT2D eigenvalue weighted by atomic mass is 10.1. The Hall–Kier alpha value is -3.28. The van der Waals surface area contributed by atoms with E-state index in [4.69, 9.17) is 13.9 Å². The van der Waals surface area contributed by atoms with Crippen molar-refractivity contribution in [1.29, 1.82) is 0 Å². The Bertz CT molecular complexity index is 1020. The fourth-order valence-corrected chi connectivity index (χ4v) is 2.76. The van der Waals surface area contributed by atoms with Gasteiger partial charge in [0.1, 0.15) is 11.1 Å². The van der Waals surface area contributed by atoms with E-state index in [9.17, 15) is 9.59 Å². The smallest absolute Gasteiger partial charge is 0.349 e. The van der Waals surface area contributed by atoms with Crippen LogP contribution in [0.15, 0.2) is 57.7 Å². The summed E-state index contributed by atoms with van der Waals surface area (Å²) in [5.41, 5.74) is 0.621. The summed E-state index contributed by atoms with van der Waals surface area (Å²) >= 11 is 0. The summed E-state index contributed by atoms with van der Waals surface area (Å²) in [6, 6.07) is 13.8. The largest absolute Gasteiger partial charge is 0.454 e. The maximum Gasteiger partial charge on any atom is 0.349 e. The number of carbonyl (C=O) groups excluding carboxylic acids is 1. The van der Waals surface area contributed by atoms with E-state index in [1.165, 1.54) is 0 Å². The van der Waals surface area contributed by atoms with Gasteiger partial charge in [0, 0.05) is 5.39 Å². The zero-order valence-electron chi connectivity index (χ0n) is 13.4. The van der Waals surface area contributed by atoms with Crippen LogP contribution in [0.4, 0.5) is 0 Å². The van der Waals surface area contributed by atoms with Gasteiger partial charge in [-0.2, -0.15) is 0 Å². The zero-order valence-corrected chi connectivity index (χ0v) is 13.4. The average molecular weight is 337 g/mol. The van der Waals surface area contributed by atoms with E-state index >= 15 is 0 Å². The second-order valence-electron chi connectivity index (χ2n) is 5.79. The third-order valence-corrected chi connectivity index (χ3v) is 4.13. The highest BCUT2D eigenvalue weighted by atomic mass is 16.7. The number of carbonyl (C=O) groups is 1. The Morgan fingerprint density at radius 3 is 2.76 bits per heavy atom. The molecule has 1 atom stereocenters. The molecule has 1 unspecified atom stereocenters. The number of rotatable bonds is 3. The molecule has 1 amide bonds. The summed E-state index contributed by atoms with van der Waals surface area (Å²) in [5.74, 6) is 0.839. The summed E-state index contributed by atoms with van der Waals surface area (Å²) in [6.45, 7) is 2.02. The molecule has 25 heavy (non-hydrogen) atoms. The van der Waals surface area contributed by atoms with E-state index in [1.54, 1.807) is 30.3 Å². The van der Waals surface area contributed by atoms with Crippen molar-refractivity contribution in [2.24, 2.45) is 0 Å². The SMILES string of the molecule is CC(NC(=O)c1cc2ccccc2oc1=O)c1ccc2c(c1)OCO2. The Morgan fingerprint density at radius 2 is 1.88 bits per heavy atom. The van der Waals surface area contributed by atoms with Crippen LogP contribution in [-0.4, -0.2) is 12.7 Å². The van der Waals surface area contributed by atoms with Gasteiger partial charge in [-0.3, -0.25) is 4.79 Å². The maximum absolute atomic E-state index is 12.5. The summed E-state index contributed by atoms with van der Waals surface area (Å²) in [6.07, 6.45) is 0. The number of ether oxygens (including phenoxy) is 2. The van der Waals surface area contributed by atoms with Gasteiger partial charge in [0.25, 0.3) is 5.91 Å². The molecule has 0 aliphatic carbocycles. The van der Waals surface area contributed by atoms with Crippen molar-refractivity contribution in [2.75, 3.05) is 6.79 Å². The molecule has 1 aromatic heterocycles. The third kappa shape index (κ3) is 2.82. The van der Waals surface area contributed by atoms with Crippen LogP contribution in [0, 0.1) is 0 Å². The van der Waals surface area contributed by atoms with E-state index in [0.29, 0.717) is 22.5 Å². The fourth-order valence-electron chi connectivity index (χ4n) is 2.76. The lowest BCUT2D eigenvalue weighted by molar-refractivity contribution is 0.0936. The van der Waals surface area contributed by atoms with Crippen molar-refractivity contribution in [3.63, 3.8) is 0 Å². The van der Waals surface area contributed by atoms with Crippen LogP contribution < -0.4 is 20.4 Å². The molecule has 6 heteroatoms. The minimum absolute atomic E-state index is 0.0220. The van der Waals surface area contributed by atoms with Gasteiger partial charge < -0.3 is 19.2 Å². The normalized spacial score (nSPS) is 13.6. The first-order valence-electron chi connectivity index (χ1n) is 7.85. The monoisotopic (exact) mass is 337 g/mol. The van der Waals surface area contributed by atoms with Gasteiger partial charge in [-0.1, -0.05) is 24.3 Å². The van der Waals surface area contributed by atoms with Crippen LogP contribution >= 0.6 is 0 Å². The molecule has 0 spiro atoms. The Balaban J connectivity index is 1.59. The predicted octanol–water partition coefficient (Wildman–Crippen LogP) is 3.01. The summed E-state index contributed by atoms with van der Waals surface area (Å²) < 4.78 is 15.8. The van der Waals surface area contributed by atoms with Gasteiger partial charge >= 0.3 is 5.63 Å². The molecule has 1 N–H and O–H groups in total. The molecular formula is C19H15NO5. The summed E-state index contributed by atoms with van der Waals surface area (Å²) in [5, 5.41) is 3.51. The van der Waals surface area contributed by atoms with Gasteiger partial charge in [-0.05, 0) is 36.8 Å². The van der Waals surface area contributed by atoms with Crippen LogP contribution in [0.1, 0.15) is 28.9 Å². The molecule has 1 aliphatic heterocycles. The van der Waals surface area contributed by atoms with Crippen molar-refractivity contribution in [3.8, 4) is 11.5 Å². The number of para-hydroxylation sites is 1. The van der Waals surface area contributed by atoms with E-state index in [-0.39, 0.29) is 18.4 Å². The van der Waals surface area contributed by atoms with Crippen LogP contribution in [0.5, 0.6) is 11.5 Å². The van der Waals surface area contributed by atoms with Crippen molar-refractivity contribution in [1.82, 2.24) is 5.32 Å². The number of nitrogens with one attached hydrogen (secondary N) is 1. The van der Waals surface area contributed by atoms with Gasteiger partial charge in [-0.25, -0.2) is 4.79 Å². The van der Waals surface area contributed by atoms with Crippen molar-refractivity contribution >= 4 is 16.9 Å². The lowest BCUT2D eigenvalue weighted by Crippen LogP contribution is -2.30. The lowest BCUT2D eigenvalue weighted by Gasteiger charge is -2.14. The molecule has 3 aromatic rings. The van der Waals surface area contributed by atoms with Gasteiger partial charge in [0.15, 0.2) is 11.5 Å². The number of hydrogen-bond donors (Lipinski definition) is 1. The standard InChI is InChI=1S/C19H15NO5/c1-11(12-6-7-16-17(9-12)24-10-23-16)20-18(21)14-8-13-4-2-3-5-15(13)25-19(14)22/h2-9,11H,10H2,1H3,(H,20,21). The molecule has 2 aromatic carbocycles. The zero-order chi connectivity index (χ0) is 17.4. The first-order chi connectivity index (χ1) is 12.1. The minimum Gasteiger partial charge on any atom is -0.454 e. The van der Waals surface area contributed by atoms with Crippen LogP contribution in [0.2, 0.25) is 0 Å². The van der Waals surface area contributed by atoms with Crippen LogP contribution in [0.25, 0.3) is 11.0 Å². The van der Waals surface area contributed by atoms with Crippen molar-refractivity contribution < 1.29 is 18.7 Å². The van der Waals surface area contributed by atoms with E-state index in [0.717, 1.165) is 5.56 Å². The highest BCUT2D eigenvalue weighted by Crippen LogP contribution is 2.34. The number of benzene rings is 2. The molecule has 0 fully saturated rings. The molecule has 0 radical (unpaired) electrons. The topological polar surface area (TPSA) is 77.8 Å². The van der Waals surface area contributed by atoms with E-state index in [2.05, 4.69) is 5.32 Å². The Morgan fingerprint density at radius 1 is 1.08 bits per heavy atom. The highest BCUT2D eigenvalue weighted by molar-refractivity contribution is 5.96. The van der Waals surface area contributed by atoms with Crippen molar-refractivity contribution in [3.05, 3.63) is 70.1 Å². The molecule has 126 valence electrons. The molecule has 0 bridgehead atoms. The second-order valence-corrected chi connectivity index (χ2v) is 5.79. The maximum atomic E-state index is 12.5. The Kier molecular flexibility index (Phi) is 3.65. The van der Waals surface area contributed by atoms with E-state index in [1.807, 2.05) is 25.1 Å². The fraction of sp³-hybridized carbons (Fsp3) is 0.158. The number of amides is 1. The predicted molar refractivity (Wildman–Crippen MR) is 90.9 cm³/mol. The molecule has 0 saturated carbocycles. The minimum atomic E-state index is -0.658. The quantitative estimate of drug-likeness (QED) is 0.743. The summed E-state index contributed by atoms with van der Waals surface area (Å²) in [7, 11) is 0. The average Bonchev–Trinajstić information content (AvgIpc) is 3.08.